The standard InChI is InChI=1S/C54H92O46/c55-1-10-19(56)29(66)38(75)47(93-10)85-3-12-21(58)31(68)40(77)49(95-12)87-5-14-23(60)33(70)42(79)51(97-14)89-7-16-25(62)35(72)44(81)53(99-16)91-9-18-27(64)36(73)45(82)54(100-18)90-8-17-26(63)34(71)43(80)52(98-17)88-6-15-24(61)32(69)41(78)50(96-15)86-4-13-22(59)30(67)39(76)48(94-13)84-2-11-20(57)28(65)37(74)46(83)92-11/h10-83H,1-9H2/t10-,11-,12-,13-,14-,15-,16-,17-,18-,19-,20-,21-,22-,23-,24-,25-,26-,27-,28+,29+,30+,31+,32+,33+,34+,35+,36+,37-,38-,39-,40-,41-,42-,43-,44-,45-,46+,47-,48-,49-,50-,51-,52-,53-,54-/m1/s1. The van der Waals surface area contributed by atoms with Crippen molar-refractivity contribution in [3.8, 4) is 0 Å². The van der Waals surface area contributed by atoms with E-state index >= 15 is 0 Å². The molecule has 584 valence electrons. The lowest BCUT2D eigenvalue weighted by atomic mass is 9.97. The highest BCUT2D eigenvalue weighted by Crippen LogP contribution is 2.34. The third kappa shape index (κ3) is 18.0. The third-order valence-electron chi connectivity index (χ3n) is 18.6. The van der Waals surface area contributed by atoms with Crippen LogP contribution < -0.4 is 0 Å². The van der Waals surface area contributed by atoms with E-state index in [-0.39, 0.29) is 0 Å². The molecule has 29 N–H and O–H groups in total. The molecule has 0 amide bonds. The zero-order chi connectivity index (χ0) is 73.4. The predicted molar refractivity (Wildman–Crippen MR) is 297 cm³/mol. The van der Waals surface area contributed by atoms with Crippen LogP contribution in [-0.4, -0.2) is 484 Å². The van der Waals surface area contributed by atoms with Gasteiger partial charge in [0.25, 0.3) is 0 Å². The van der Waals surface area contributed by atoms with Crippen molar-refractivity contribution in [3.05, 3.63) is 0 Å². The number of rotatable bonds is 25. The highest BCUT2D eigenvalue weighted by atomic mass is 16.8. The van der Waals surface area contributed by atoms with Crippen LogP contribution in [0, 0.1) is 0 Å². The summed E-state index contributed by atoms with van der Waals surface area (Å²) in [6.07, 6.45) is -85.5. The Labute approximate surface area is 563 Å². The lowest BCUT2D eigenvalue weighted by molar-refractivity contribution is -0.355. The second-order valence-corrected chi connectivity index (χ2v) is 25.5. The summed E-state index contributed by atoms with van der Waals surface area (Å²) in [7, 11) is 0. The van der Waals surface area contributed by atoms with Crippen LogP contribution in [0.1, 0.15) is 0 Å². The van der Waals surface area contributed by atoms with Gasteiger partial charge in [-0.3, -0.25) is 0 Å². The summed E-state index contributed by atoms with van der Waals surface area (Å²) in [5.41, 5.74) is 0. The molecule has 0 saturated carbocycles. The summed E-state index contributed by atoms with van der Waals surface area (Å²) < 4.78 is 93.7. The average Bonchev–Trinajstić information content (AvgIpc) is 0.804. The van der Waals surface area contributed by atoms with E-state index in [4.69, 9.17) is 80.5 Å². The van der Waals surface area contributed by atoms with E-state index in [1.165, 1.54) is 0 Å². The van der Waals surface area contributed by atoms with E-state index < -0.39 is 336 Å². The topological polar surface area (TPSA) is 744 Å². The molecule has 46 heteroatoms. The summed E-state index contributed by atoms with van der Waals surface area (Å²) in [4.78, 5) is 0. The molecule has 0 bridgehead atoms. The molecule has 0 aromatic carbocycles. The van der Waals surface area contributed by atoms with E-state index in [0.717, 1.165) is 0 Å². The number of ether oxygens (including phenoxy) is 17. The second kappa shape index (κ2) is 35.5. The predicted octanol–water partition coefficient (Wildman–Crippen LogP) is -20.6. The molecular weight excluding hydrogens is 1380 g/mol. The minimum Gasteiger partial charge on any atom is -0.394 e. The first kappa shape index (κ1) is 82.2. The van der Waals surface area contributed by atoms with Crippen molar-refractivity contribution in [2.45, 2.75) is 276 Å². The van der Waals surface area contributed by atoms with Crippen molar-refractivity contribution >= 4 is 0 Å². The molecule has 0 spiro atoms. The van der Waals surface area contributed by atoms with Crippen LogP contribution >= 0.6 is 0 Å². The minimum atomic E-state index is -2.12. The zero-order valence-corrected chi connectivity index (χ0v) is 52.3. The van der Waals surface area contributed by atoms with Crippen LogP contribution in [-0.2, 0) is 80.5 Å². The average molecular weight is 1480 g/mol. The van der Waals surface area contributed by atoms with Crippen molar-refractivity contribution in [1.29, 1.82) is 0 Å². The Hall–Kier alpha value is -1.84. The molecule has 0 aliphatic carbocycles. The molecule has 9 rings (SSSR count). The number of aliphatic hydroxyl groups excluding tert-OH is 29. The molecule has 9 aliphatic rings. The van der Waals surface area contributed by atoms with Gasteiger partial charge in [0, 0.05) is 0 Å². The van der Waals surface area contributed by atoms with Crippen LogP contribution in [0.4, 0.5) is 0 Å². The quantitative estimate of drug-likeness (QED) is 0.0404. The van der Waals surface area contributed by atoms with Gasteiger partial charge < -0.3 is 229 Å². The lowest BCUT2D eigenvalue weighted by Crippen LogP contribution is -2.63. The van der Waals surface area contributed by atoms with Crippen LogP contribution in [0.15, 0.2) is 0 Å². The Kier molecular flexibility index (Phi) is 29.2. The van der Waals surface area contributed by atoms with Crippen molar-refractivity contribution in [1.82, 2.24) is 0 Å². The Bertz CT molecular complexity index is 2460. The summed E-state index contributed by atoms with van der Waals surface area (Å²) in [6.45, 7) is -7.47. The molecule has 0 unspecified atom stereocenters. The third-order valence-corrected chi connectivity index (χ3v) is 18.6. The van der Waals surface area contributed by atoms with Gasteiger partial charge in [0.15, 0.2) is 56.6 Å². The van der Waals surface area contributed by atoms with Crippen molar-refractivity contribution in [3.63, 3.8) is 0 Å². The molecule has 9 heterocycles. The van der Waals surface area contributed by atoms with Gasteiger partial charge in [-0.05, 0) is 0 Å². The lowest BCUT2D eigenvalue weighted by Gasteiger charge is -2.45. The molecule has 0 aromatic rings. The molecule has 0 aromatic heterocycles. The van der Waals surface area contributed by atoms with Crippen molar-refractivity contribution < 1.29 is 229 Å². The smallest absolute Gasteiger partial charge is 0.186 e. The summed E-state index contributed by atoms with van der Waals surface area (Å²) >= 11 is 0. The summed E-state index contributed by atoms with van der Waals surface area (Å²) in [6, 6.07) is 0. The Balaban J connectivity index is 0.739. The number of aliphatic hydroxyl groups is 29. The van der Waals surface area contributed by atoms with Gasteiger partial charge in [0.2, 0.25) is 0 Å². The zero-order valence-electron chi connectivity index (χ0n) is 52.3. The monoisotopic (exact) mass is 1480 g/mol. The maximum atomic E-state index is 10.9. The van der Waals surface area contributed by atoms with Crippen LogP contribution in [0.2, 0.25) is 0 Å². The molecular formula is C54H92O46. The van der Waals surface area contributed by atoms with Crippen LogP contribution in [0.5, 0.6) is 0 Å². The highest BCUT2D eigenvalue weighted by molar-refractivity contribution is 4.99. The van der Waals surface area contributed by atoms with Gasteiger partial charge in [-0.25, -0.2) is 0 Å². The molecule has 45 atom stereocenters. The van der Waals surface area contributed by atoms with E-state index in [9.17, 15) is 148 Å². The first-order valence-electron chi connectivity index (χ1n) is 31.7. The molecule has 9 aliphatic heterocycles. The van der Waals surface area contributed by atoms with Crippen LogP contribution in [0.25, 0.3) is 0 Å². The Morgan fingerprint density at radius 3 is 0.440 bits per heavy atom. The Morgan fingerprint density at radius 2 is 0.280 bits per heavy atom. The highest BCUT2D eigenvalue weighted by Gasteiger charge is 2.55. The normalized spacial score (nSPS) is 53.7. The summed E-state index contributed by atoms with van der Waals surface area (Å²) in [5.74, 6) is 0. The molecule has 46 nitrogen and oxygen atoms in total. The molecule has 9 fully saturated rings. The van der Waals surface area contributed by atoms with Crippen LogP contribution in [0.3, 0.4) is 0 Å². The summed E-state index contributed by atoms with van der Waals surface area (Å²) in [5, 5.41) is 306. The Morgan fingerprint density at radius 1 is 0.150 bits per heavy atom. The second-order valence-electron chi connectivity index (χ2n) is 25.5. The maximum absolute atomic E-state index is 10.9. The molecule has 100 heavy (non-hydrogen) atoms. The fraction of sp³-hybridized carbons (Fsp3) is 1.00. The van der Waals surface area contributed by atoms with Gasteiger partial charge in [0.1, 0.15) is 220 Å². The molecule has 0 radical (unpaired) electrons. The van der Waals surface area contributed by atoms with E-state index in [0.29, 0.717) is 0 Å². The van der Waals surface area contributed by atoms with Gasteiger partial charge in [-0.2, -0.15) is 0 Å². The minimum absolute atomic E-state index is 0.730. The fourth-order valence-electron chi connectivity index (χ4n) is 12.1. The fourth-order valence-corrected chi connectivity index (χ4v) is 12.1. The van der Waals surface area contributed by atoms with E-state index in [1.54, 1.807) is 0 Å². The van der Waals surface area contributed by atoms with E-state index in [1.807, 2.05) is 0 Å². The first-order chi connectivity index (χ1) is 47.2. The number of hydrogen-bond donors (Lipinski definition) is 29. The van der Waals surface area contributed by atoms with E-state index in [2.05, 4.69) is 0 Å². The SMILES string of the molecule is OC[C@H]1O[C@@H](OC[C@H]2O[C@@H](OC[C@H]3O[C@@H](OC[C@H]4O[C@@H](OC[C@H]5O[C@@H](OC[C@H]6O[C@@H](OC[C@H]7O[C@@H](OC[C@H]8O[C@@H](OC[C@H]9O[C@H](O)[C@H](O)[C@@H](O)[C@@H]9O)[C@H](O)[C@@H](O)[C@@H]8O)[C@H](O)[C@@H](O)[C@@H]7O)[C@H](O)[C@@H](O)[C@@H]6O)[C@H](O)[C@@H](O)[C@@H]5O)[C@H](O)[C@@H](O)[C@@H]4O)[C@H](O)[C@@H](O)[C@@H]3O)[C@H](O)[C@@H](O)[C@@H]2O)[C@H](O)[C@@H](O)[C@@H]1O. The van der Waals surface area contributed by atoms with Crippen molar-refractivity contribution in [2.75, 3.05) is 59.5 Å². The van der Waals surface area contributed by atoms with Gasteiger partial charge in [-0.15, -0.1) is 0 Å². The van der Waals surface area contributed by atoms with Gasteiger partial charge in [0.05, 0.1) is 59.5 Å². The van der Waals surface area contributed by atoms with Crippen molar-refractivity contribution in [2.24, 2.45) is 0 Å². The number of hydrogen-bond acceptors (Lipinski definition) is 46. The van der Waals surface area contributed by atoms with Gasteiger partial charge >= 0.3 is 0 Å². The molecule has 9 saturated heterocycles. The maximum Gasteiger partial charge on any atom is 0.186 e. The largest absolute Gasteiger partial charge is 0.394 e. The first-order valence-corrected chi connectivity index (χ1v) is 31.7. The van der Waals surface area contributed by atoms with Gasteiger partial charge in [-0.1, -0.05) is 0 Å².